The summed E-state index contributed by atoms with van der Waals surface area (Å²) in [5.74, 6) is 0. The monoisotopic (exact) mass is 309 g/mol. The van der Waals surface area contributed by atoms with E-state index in [1.807, 2.05) is 67.6 Å². The first-order chi connectivity index (χ1) is 10.7. The van der Waals surface area contributed by atoms with Gasteiger partial charge in [0, 0.05) is 11.3 Å². The van der Waals surface area contributed by atoms with Crippen LogP contribution in [-0.2, 0) is 0 Å². The summed E-state index contributed by atoms with van der Waals surface area (Å²) < 4.78 is 0. The van der Waals surface area contributed by atoms with Gasteiger partial charge in [-0.1, -0.05) is 48.5 Å². The van der Waals surface area contributed by atoms with Crippen molar-refractivity contribution in [1.82, 2.24) is 4.98 Å². The minimum absolute atomic E-state index is 0.271. The fourth-order valence-corrected chi connectivity index (χ4v) is 2.93. The third kappa shape index (κ3) is 3.32. The standard InChI is InChI=1S/C17H15N3OS/c1-12-18-15(13-8-4-2-5-9-13)16(22-12)20-17(21)19-14-10-6-3-7-11-14/h2-11H,1H3,(H2,19,20,21). The first kappa shape index (κ1) is 14.3. The minimum Gasteiger partial charge on any atom is -0.308 e. The second kappa shape index (κ2) is 6.41. The number of carbonyl (C=O) groups excluding carboxylic acids is 1. The number of aromatic nitrogens is 1. The maximum atomic E-state index is 12.1. The lowest BCUT2D eigenvalue weighted by Gasteiger charge is -2.07. The molecule has 0 bridgehead atoms. The van der Waals surface area contributed by atoms with Gasteiger partial charge in [-0.25, -0.2) is 9.78 Å². The van der Waals surface area contributed by atoms with Crippen molar-refractivity contribution in [2.24, 2.45) is 0 Å². The molecule has 0 fully saturated rings. The molecule has 2 N–H and O–H groups in total. The third-order valence-corrected chi connectivity index (χ3v) is 3.93. The molecule has 1 aromatic heterocycles. The number of anilines is 2. The number of nitrogens with zero attached hydrogens (tertiary/aromatic N) is 1. The van der Waals surface area contributed by atoms with Gasteiger partial charge < -0.3 is 5.32 Å². The second-order valence-corrected chi connectivity index (χ2v) is 5.92. The van der Waals surface area contributed by atoms with Crippen molar-refractivity contribution in [1.29, 1.82) is 0 Å². The zero-order chi connectivity index (χ0) is 15.4. The van der Waals surface area contributed by atoms with Crippen molar-refractivity contribution in [2.75, 3.05) is 10.6 Å². The van der Waals surface area contributed by atoms with Gasteiger partial charge in [-0.15, -0.1) is 11.3 Å². The lowest BCUT2D eigenvalue weighted by molar-refractivity contribution is 0.262. The van der Waals surface area contributed by atoms with Gasteiger partial charge in [-0.05, 0) is 19.1 Å². The van der Waals surface area contributed by atoms with Gasteiger partial charge in [0.15, 0.2) is 0 Å². The Hall–Kier alpha value is -2.66. The van der Waals surface area contributed by atoms with Gasteiger partial charge in [0.25, 0.3) is 0 Å². The Bertz CT molecular complexity index is 769. The van der Waals surface area contributed by atoms with Gasteiger partial charge in [0.05, 0.1) is 5.01 Å². The van der Waals surface area contributed by atoms with Crippen LogP contribution in [0.25, 0.3) is 11.3 Å². The summed E-state index contributed by atoms with van der Waals surface area (Å²) in [5, 5.41) is 7.35. The van der Waals surface area contributed by atoms with Crippen molar-refractivity contribution >= 4 is 28.1 Å². The average molecular weight is 309 g/mol. The van der Waals surface area contributed by atoms with Crippen LogP contribution in [0, 0.1) is 6.92 Å². The number of para-hydroxylation sites is 1. The summed E-state index contributed by atoms with van der Waals surface area (Å²) >= 11 is 1.47. The van der Waals surface area contributed by atoms with Crippen LogP contribution >= 0.6 is 11.3 Å². The summed E-state index contributed by atoms with van der Waals surface area (Å²) in [6.45, 7) is 1.93. The molecule has 3 rings (SSSR count). The van der Waals surface area contributed by atoms with Crippen LogP contribution in [0.15, 0.2) is 60.7 Å². The van der Waals surface area contributed by atoms with E-state index in [1.54, 1.807) is 0 Å². The molecule has 22 heavy (non-hydrogen) atoms. The zero-order valence-electron chi connectivity index (χ0n) is 12.0. The third-order valence-electron chi connectivity index (χ3n) is 3.04. The molecule has 0 spiro atoms. The van der Waals surface area contributed by atoms with Crippen LogP contribution < -0.4 is 10.6 Å². The Morgan fingerprint density at radius 2 is 1.59 bits per heavy atom. The molecule has 110 valence electrons. The fraction of sp³-hybridized carbons (Fsp3) is 0.0588. The van der Waals surface area contributed by atoms with Crippen LogP contribution in [0.1, 0.15) is 5.01 Å². The quantitative estimate of drug-likeness (QED) is 0.732. The highest BCUT2D eigenvalue weighted by molar-refractivity contribution is 7.16. The van der Waals surface area contributed by atoms with E-state index < -0.39 is 0 Å². The zero-order valence-corrected chi connectivity index (χ0v) is 12.9. The summed E-state index contributed by atoms with van der Waals surface area (Å²) in [6, 6.07) is 18.9. The number of thiazole rings is 1. The molecule has 2 amide bonds. The van der Waals surface area contributed by atoms with E-state index in [1.165, 1.54) is 11.3 Å². The Balaban J connectivity index is 1.79. The number of amides is 2. The molecule has 0 unspecified atom stereocenters. The van der Waals surface area contributed by atoms with Crippen LogP contribution in [0.2, 0.25) is 0 Å². The van der Waals surface area contributed by atoms with E-state index in [0.717, 1.165) is 27.0 Å². The van der Waals surface area contributed by atoms with Crippen molar-refractivity contribution in [2.45, 2.75) is 6.92 Å². The predicted molar refractivity (Wildman–Crippen MR) is 91.4 cm³/mol. The fourth-order valence-electron chi connectivity index (χ4n) is 2.09. The van der Waals surface area contributed by atoms with E-state index >= 15 is 0 Å². The van der Waals surface area contributed by atoms with Gasteiger partial charge in [-0.2, -0.15) is 0 Å². The van der Waals surface area contributed by atoms with Crippen LogP contribution in [0.5, 0.6) is 0 Å². The van der Waals surface area contributed by atoms with Gasteiger partial charge in [0.2, 0.25) is 0 Å². The minimum atomic E-state index is -0.271. The summed E-state index contributed by atoms with van der Waals surface area (Å²) in [6.07, 6.45) is 0. The maximum absolute atomic E-state index is 12.1. The second-order valence-electron chi connectivity index (χ2n) is 4.72. The number of carbonyl (C=O) groups is 1. The highest BCUT2D eigenvalue weighted by Crippen LogP contribution is 2.32. The molecule has 5 heteroatoms. The van der Waals surface area contributed by atoms with E-state index in [-0.39, 0.29) is 6.03 Å². The molecule has 2 aromatic carbocycles. The normalized spacial score (nSPS) is 10.2. The van der Waals surface area contributed by atoms with Gasteiger partial charge in [0.1, 0.15) is 10.7 Å². The number of hydrogen-bond acceptors (Lipinski definition) is 3. The van der Waals surface area contributed by atoms with E-state index in [4.69, 9.17) is 0 Å². The number of rotatable bonds is 3. The first-order valence-electron chi connectivity index (χ1n) is 6.88. The maximum Gasteiger partial charge on any atom is 0.324 e. The molecular weight excluding hydrogens is 294 g/mol. The lowest BCUT2D eigenvalue weighted by Crippen LogP contribution is -2.19. The Morgan fingerprint density at radius 3 is 2.27 bits per heavy atom. The summed E-state index contributed by atoms with van der Waals surface area (Å²) in [5.41, 5.74) is 2.54. The Labute approximate surface area is 132 Å². The molecule has 0 aliphatic carbocycles. The Kier molecular flexibility index (Phi) is 4.16. The molecule has 0 aliphatic heterocycles. The molecular formula is C17H15N3OS. The number of benzene rings is 2. The molecule has 1 heterocycles. The summed E-state index contributed by atoms with van der Waals surface area (Å²) in [4.78, 5) is 16.6. The Morgan fingerprint density at radius 1 is 0.955 bits per heavy atom. The number of nitrogens with one attached hydrogen (secondary N) is 2. The topological polar surface area (TPSA) is 54.0 Å². The largest absolute Gasteiger partial charge is 0.324 e. The smallest absolute Gasteiger partial charge is 0.308 e. The molecule has 4 nitrogen and oxygen atoms in total. The molecule has 0 atom stereocenters. The molecule has 0 saturated carbocycles. The van der Waals surface area contributed by atoms with Crippen LogP contribution in [0.3, 0.4) is 0 Å². The van der Waals surface area contributed by atoms with Crippen molar-refractivity contribution in [3.05, 3.63) is 65.7 Å². The lowest BCUT2D eigenvalue weighted by atomic mass is 10.2. The number of aryl methyl sites for hydroxylation is 1. The van der Waals surface area contributed by atoms with Gasteiger partial charge in [-0.3, -0.25) is 5.32 Å². The van der Waals surface area contributed by atoms with Gasteiger partial charge >= 0.3 is 6.03 Å². The number of hydrogen-bond donors (Lipinski definition) is 2. The SMILES string of the molecule is Cc1nc(-c2ccccc2)c(NC(=O)Nc2ccccc2)s1. The molecule has 0 radical (unpaired) electrons. The molecule has 0 saturated heterocycles. The summed E-state index contributed by atoms with van der Waals surface area (Å²) in [7, 11) is 0. The van der Waals surface area contributed by atoms with Crippen molar-refractivity contribution in [3.63, 3.8) is 0 Å². The highest BCUT2D eigenvalue weighted by atomic mass is 32.1. The van der Waals surface area contributed by atoms with Crippen LogP contribution in [0.4, 0.5) is 15.5 Å². The van der Waals surface area contributed by atoms with E-state index in [9.17, 15) is 4.79 Å². The predicted octanol–water partition coefficient (Wildman–Crippen LogP) is 4.76. The highest BCUT2D eigenvalue weighted by Gasteiger charge is 2.13. The van der Waals surface area contributed by atoms with Crippen molar-refractivity contribution in [3.8, 4) is 11.3 Å². The average Bonchev–Trinajstić information content (AvgIpc) is 2.89. The molecule has 0 aliphatic rings. The van der Waals surface area contributed by atoms with Crippen molar-refractivity contribution < 1.29 is 4.79 Å². The first-order valence-corrected chi connectivity index (χ1v) is 7.70. The van der Waals surface area contributed by atoms with E-state index in [0.29, 0.717) is 0 Å². The molecule has 3 aromatic rings. The number of urea groups is 1. The van der Waals surface area contributed by atoms with Crippen LogP contribution in [-0.4, -0.2) is 11.0 Å². The van der Waals surface area contributed by atoms with E-state index in [2.05, 4.69) is 15.6 Å².